The molecule has 1 aliphatic heterocycles. The van der Waals surface area contributed by atoms with Gasteiger partial charge < -0.3 is 0 Å². The minimum atomic E-state index is -0.427. The Bertz CT molecular complexity index is 678. The third kappa shape index (κ3) is 2.19. The van der Waals surface area contributed by atoms with Gasteiger partial charge in [0.25, 0.3) is 5.91 Å². The number of carbonyl (C=O) groups excluding carboxylic acids is 2. The molecule has 98 valence electrons. The molecule has 1 fully saturated rings. The third-order valence-corrected chi connectivity index (χ3v) is 3.01. The number of anilines is 1. The number of carbonyl (C=O) groups is 2. The molecule has 0 radical (unpaired) electrons. The van der Waals surface area contributed by atoms with Crippen molar-refractivity contribution in [2.24, 2.45) is 0 Å². The first-order valence-electron chi connectivity index (χ1n) is 6.23. The molecule has 0 spiro atoms. The van der Waals surface area contributed by atoms with Crippen LogP contribution in [0.3, 0.4) is 0 Å². The van der Waals surface area contributed by atoms with Gasteiger partial charge >= 0.3 is 6.03 Å². The lowest BCUT2D eigenvalue weighted by atomic mass is 10.2. The van der Waals surface area contributed by atoms with E-state index >= 15 is 0 Å². The molecule has 0 unspecified atom stereocenters. The molecule has 4 heteroatoms. The van der Waals surface area contributed by atoms with Crippen molar-refractivity contribution in [1.29, 1.82) is 0 Å². The number of imide groups is 1. The lowest BCUT2D eigenvalue weighted by Gasteiger charge is -2.15. The van der Waals surface area contributed by atoms with Crippen LogP contribution in [0, 0.1) is 0 Å². The van der Waals surface area contributed by atoms with Crippen LogP contribution in [0.4, 0.5) is 10.5 Å². The Labute approximate surface area is 116 Å². The van der Waals surface area contributed by atoms with Crippen molar-refractivity contribution < 1.29 is 9.59 Å². The van der Waals surface area contributed by atoms with Gasteiger partial charge in [0.15, 0.2) is 0 Å². The largest absolute Gasteiger partial charge is 0.333 e. The highest BCUT2D eigenvalue weighted by Gasteiger charge is 2.33. The Kier molecular flexibility index (Phi) is 3.05. The summed E-state index contributed by atoms with van der Waals surface area (Å²) in [6, 6.07) is 18.1. The minimum absolute atomic E-state index is 0.326. The zero-order chi connectivity index (χ0) is 13.9. The molecular weight excluding hydrogens is 252 g/mol. The molecule has 20 heavy (non-hydrogen) atoms. The molecule has 0 aromatic heterocycles. The van der Waals surface area contributed by atoms with E-state index in [4.69, 9.17) is 0 Å². The fourth-order valence-corrected chi connectivity index (χ4v) is 2.10. The van der Waals surface area contributed by atoms with Crippen molar-refractivity contribution in [3.8, 4) is 0 Å². The highest BCUT2D eigenvalue weighted by atomic mass is 16.2. The van der Waals surface area contributed by atoms with Gasteiger partial charge in [0.05, 0.1) is 5.69 Å². The van der Waals surface area contributed by atoms with Gasteiger partial charge in [-0.1, -0.05) is 48.5 Å². The van der Waals surface area contributed by atoms with Crippen molar-refractivity contribution in [2.75, 3.05) is 4.90 Å². The second-order valence-corrected chi connectivity index (χ2v) is 4.37. The molecule has 3 amide bonds. The van der Waals surface area contributed by atoms with Crippen molar-refractivity contribution in [1.82, 2.24) is 5.32 Å². The molecule has 4 nitrogen and oxygen atoms in total. The predicted molar refractivity (Wildman–Crippen MR) is 76.9 cm³/mol. The Hall–Kier alpha value is -2.88. The molecular formula is C16H12N2O2. The highest BCUT2D eigenvalue weighted by Crippen LogP contribution is 2.24. The number of para-hydroxylation sites is 1. The van der Waals surface area contributed by atoms with Gasteiger partial charge in [-0.2, -0.15) is 0 Å². The number of hydrogen-bond acceptors (Lipinski definition) is 2. The average molecular weight is 264 g/mol. The van der Waals surface area contributed by atoms with Gasteiger partial charge in [-0.15, -0.1) is 0 Å². The van der Waals surface area contributed by atoms with Crippen LogP contribution in [0.15, 0.2) is 66.4 Å². The number of urea groups is 1. The quantitative estimate of drug-likeness (QED) is 0.669. The van der Waals surface area contributed by atoms with Crippen molar-refractivity contribution in [3.63, 3.8) is 0 Å². The van der Waals surface area contributed by atoms with E-state index in [0.717, 1.165) is 5.56 Å². The molecule has 0 bridgehead atoms. The van der Waals surface area contributed by atoms with E-state index in [0.29, 0.717) is 11.4 Å². The molecule has 0 saturated carbocycles. The van der Waals surface area contributed by atoms with E-state index in [-0.39, 0.29) is 5.91 Å². The summed E-state index contributed by atoms with van der Waals surface area (Å²) in [5.74, 6) is -0.386. The van der Waals surface area contributed by atoms with Crippen LogP contribution in [0.25, 0.3) is 6.08 Å². The number of hydrogen-bond donors (Lipinski definition) is 1. The van der Waals surface area contributed by atoms with Crippen LogP contribution in [0.2, 0.25) is 0 Å². The van der Waals surface area contributed by atoms with E-state index in [1.165, 1.54) is 4.90 Å². The Morgan fingerprint density at radius 1 is 0.850 bits per heavy atom. The lowest BCUT2D eigenvalue weighted by molar-refractivity contribution is -0.115. The number of nitrogens with zero attached hydrogens (tertiary/aromatic N) is 1. The standard InChI is InChI=1S/C16H12N2O2/c19-15-14(11-12-7-3-1-4-8-12)18(16(20)17-15)13-9-5-2-6-10-13/h1-11H,(H,17,19,20)/b14-11-. The maximum Gasteiger partial charge on any atom is 0.333 e. The van der Waals surface area contributed by atoms with Crippen molar-refractivity contribution >= 4 is 23.7 Å². The van der Waals surface area contributed by atoms with Crippen LogP contribution < -0.4 is 10.2 Å². The zero-order valence-electron chi connectivity index (χ0n) is 10.6. The SMILES string of the molecule is O=C1NC(=O)N(c2ccccc2)/C1=C\c1ccccc1. The third-order valence-electron chi connectivity index (χ3n) is 3.01. The summed E-state index contributed by atoms with van der Waals surface area (Å²) in [7, 11) is 0. The molecule has 0 atom stereocenters. The number of rotatable bonds is 2. The fraction of sp³-hybridized carbons (Fsp3) is 0. The maximum absolute atomic E-state index is 11.9. The number of amides is 3. The smallest absolute Gasteiger partial charge is 0.272 e. The van der Waals surface area contributed by atoms with Crippen LogP contribution in [-0.2, 0) is 4.79 Å². The molecule has 0 aliphatic carbocycles. The summed E-state index contributed by atoms with van der Waals surface area (Å²) in [5.41, 5.74) is 1.86. The van der Waals surface area contributed by atoms with E-state index in [1.807, 2.05) is 48.5 Å². The first-order valence-corrected chi connectivity index (χ1v) is 6.23. The number of nitrogens with one attached hydrogen (secondary N) is 1. The van der Waals surface area contributed by atoms with Crippen molar-refractivity contribution in [2.45, 2.75) is 0 Å². The molecule has 2 aromatic rings. The summed E-state index contributed by atoms with van der Waals surface area (Å²) < 4.78 is 0. The maximum atomic E-state index is 11.9. The van der Waals surface area contributed by atoms with Gasteiger partial charge in [-0.05, 0) is 23.8 Å². The first-order chi connectivity index (χ1) is 9.75. The first kappa shape index (κ1) is 12.2. The van der Waals surface area contributed by atoms with Crippen LogP contribution in [0.5, 0.6) is 0 Å². The van der Waals surface area contributed by atoms with Gasteiger partial charge in [0.2, 0.25) is 0 Å². The van der Waals surface area contributed by atoms with Gasteiger partial charge in [0.1, 0.15) is 5.70 Å². The fourth-order valence-electron chi connectivity index (χ4n) is 2.10. The van der Waals surface area contributed by atoms with Crippen LogP contribution in [-0.4, -0.2) is 11.9 Å². The monoisotopic (exact) mass is 264 g/mol. The number of benzene rings is 2. The Morgan fingerprint density at radius 2 is 1.45 bits per heavy atom. The second-order valence-electron chi connectivity index (χ2n) is 4.37. The molecule has 3 rings (SSSR count). The topological polar surface area (TPSA) is 49.4 Å². The summed E-state index contributed by atoms with van der Waals surface area (Å²) >= 11 is 0. The minimum Gasteiger partial charge on any atom is -0.272 e. The predicted octanol–water partition coefficient (Wildman–Crippen LogP) is 2.78. The van der Waals surface area contributed by atoms with Crippen molar-refractivity contribution in [3.05, 3.63) is 71.9 Å². The van der Waals surface area contributed by atoms with E-state index in [1.54, 1.807) is 18.2 Å². The summed E-state index contributed by atoms with van der Waals surface area (Å²) in [6.45, 7) is 0. The summed E-state index contributed by atoms with van der Waals surface area (Å²) in [6.07, 6.45) is 1.70. The van der Waals surface area contributed by atoms with Gasteiger partial charge in [0, 0.05) is 0 Å². The molecule has 1 saturated heterocycles. The normalized spacial score (nSPS) is 16.6. The van der Waals surface area contributed by atoms with Gasteiger partial charge in [-0.25, -0.2) is 4.79 Å². The highest BCUT2D eigenvalue weighted by molar-refractivity contribution is 6.23. The van der Waals surface area contributed by atoms with E-state index in [2.05, 4.69) is 5.32 Å². The Morgan fingerprint density at radius 3 is 2.10 bits per heavy atom. The van der Waals surface area contributed by atoms with E-state index in [9.17, 15) is 9.59 Å². The van der Waals surface area contributed by atoms with Crippen LogP contribution >= 0.6 is 0 Å². The second kappa shape index (κ2) is 5.01. The van der Waals surface area contributed by atoms with Gasteiger partial charge in [-0.3, -0.25) is 15.0 Å². The average Bonchev–Trinajstić information content (AvgIpc) is 2.75. The molecule has 1 aliphatic rings. The zero-order valence-corrected chi connectivity index (χ0v) is 10.6. The molecule has 1 heterocycles. The Balaban J connectivity index is 2.05. The summed E-state index contributed by atoms with van der Waals surface area (Å²) in [4.78, 5) is 25.3. The molecule has 2 aromatic carbocycles. The lowest BCUT2D eigenvalue weighted by Crippen LogP contribution is -2.27. The van der Waals surface area contributed by atoms with Crippen LogP contribution in [0.1, 0.15) is 5.56 Å². The van der Waals surface area contributed by atoms with E-state index < -0.39 is 6.03 Å². The molecule has 1 N–H and O–H groups in total. The summed E-state index contributed by atoms with van der Waals surface area (Å²) in [5, 5.41) is 2.32.